The topological polar surface area (TPSA) is 96.2 Å². The molecule has 2 heterocycles. The first-order valence-electron chi connectivity index (χ1n) is 11.4. The summed E-state index contributed by atoms with van der Waals surface area (Å²) in [6.45, 7) is 3.93. The third-order valence-corrected chi connectivity index (χ3v) is 5.66. The Morgan fingerprint density at radius 2 is 1.58 bits per heavy atom. The Morgan fingerprint density at radius 3 is 2.30 bits per heavy atom. The molecule has 0 bridgehead atoms. The zero-order valence-electron chi connectivity index (χ0n) is 18.6. The van der Waals surface area contributed by atoms with E-state index in [1.165, 1.54) is 10.5 Å². The number of aromatic nitrogens is 4. The summed E-state index contributed by atoms with van der Waals surface area (Å²) >= 11 is 0. The van der Waals surface area contributed by atoms with Crippen molar-refractivity contribution in [2.24, 2.45) is 0 Å². The number of carbonyl (C=O) groups excluding carboxylic acids is 2. The summed E-state index contributed by atoms with van der Waals surface area (Å²) in [5.41, 5.74) is 2.10. The first-order valence-corrected chi connectivity index (χ1v) is 11.4. The summed E-state index contributed by atoms with van der Waals surface area (Å²) in [5, 5.41) is 15.3. The van der Waals surface area contributed by atoms with E-state index < -0.39 is 0 Å². The molecule has 0 unspecified atom stereocenters. The van der Waals surface area contributed by atoms with Gasteiger partial charge in [-0.15, -0.1) is 10.2 Å². The highest BCUT2D eigenvalue weighted by atomic mass is 16.2. The van der Waals surface area contributed by atoms with Crippen LogP contribution in [0.5, 0.6) is 0 Å². The first-order chi connectivity index (χ1) is 16.2. The smallest absolute Gasteiger partial charge is 0.224 e. The van der Waals surface area contributed by atoms with Gasteiger partial charge in [0.15, 0.2) is 0 Å². The fraction of sp³-hybridized carbons (Fsp3) is 0.375. The van der Waals surface area contributed by atoms with Crippen molar-refractivity contribution in [1.29, 1.82) is 0 Å². The summed E-state index contributed by atoms with van der Waals surface area (Å²) < 4.78 is 0. The molecule has 1 aliphatic heterocycles. The number of amides is 2. The molecule has 9 nitrogen and oxygen atoms in total. The minimum absolute atomic E-state index is 0.0694. The minimum atomic E-state index is -0.0694. The summed E-state index contributed by atoms with van der Waals surface area (Å²) in [5.74, 6) is 0.589. The largest absolute Gasteiger partial charge is 0.368 e. The zero-order valence-corrected chi connectivity index (χ0v) is 18.6. The lowest BCUT2D eigenvalue weighted by Gasteiger charge is -2.36. The number of hydrogen-bond donors (Lipinski definition) is 1. The number of nitrogens with one attached hydrogen (secondary N) is 1. The molecule has 1 aliphatic rings. The van der Waals surface area contributed by atoms with Crippen molar-refractivity contribution >= 4 is 17.5 Å². The van der Waals surface area contributed by atoms with Gasteiger partial charge in [-0.1, -0.05) is 48.5 Å². The van der Waals surface area contributed by atoms with Crippen LogP contribution in [-0.2, 0) is 16.1 Å². The Morgan fingerprint density at radius 1 is 0.879 bits per heavy atom. The fourth-order valence-electron chi connectivity index (χ4n) is 3.83. The monoisotopic (exact) mass is 447 g/mol. The number of hydrogen-bond acceptors (Lipinski definition) is 6. The van der Waals surface area contributed by atoms with Crippen LogP contribution in [0.2, 0.25) is 0 Å². The maximum absolute atomic E-state index is 12.5. The molecule has 1 aromatic heterocycles. The number of benzene rings is 2. The molecule has 4 rings (SSSR count). The van der Waals surface area contributed by atoms with E-state index in [0.29, 0.717) is 51.3 Å². The molecule has 0 radical (unpaired) electrons. The standard InChI is InChI=1S/C24H29N7O2/c32-22(12-7-15-31-27-24(26-28-31)20-8-3-1-4-9-20)25-14-13-23(33)30-18-16-29(17-19-30)21-10-5-2-6-11-21/h1-6,8-11H,7,12-19H2,(H,25,32). The highest BCUT2D eigenvalue weighted by Crippen LogP contribution is 2.16. The number of carbonyl (C=O) groups is 2. The van der Waals surface area contributed by atoms with Crippen molar-refractivity contribution in [3.63, 3.8) is 0 Å². The van der Waals surface area contributed by atoms with Gasteiger partial charge in [-0.3, -0.25) is 9.59 Å². The lowest BCUT2D eigenvalue weighted by atomic mass is 10.2. The summed E-state index contributed by atoms with van der Waals surface area (Å²) in [4.78, 5) is 30.3. The maximum atomic E-state index is 12.5. The molecule has 1 saturated heterocycles. The van der Waals surface area contributed by atoms with E-state index in [4.69, 9.17) is 0 Å². The quantitative estimate of drug-likeness (QED) is 0.539. The molecular weight excluding hydrogens is 418 g/mol. The first kappa shape index (κ1) is 22.4. The second kappa shape index (κ2) is 11.2. The van der Waals surface area contributed by atoms with Crippen LogP contribution in [0.1, 0.15) is 19.3 Å². The Kier molecular flexibility index (Phi) is 7.63. The molecule has 1 fully saturated rings. The molecule has 1 N–H and O–H groups in total. The Labute approximate surface area is 193 Å². The third kappa shape index (κ3) is 6.38. The summed E-state index contributed by atoms with van der Waals surface area (Å²) in [6.07, 6.45) is 1.28. The number of nitrogens with zero attached hydrogens (tertiary/aromatic N) is 6. The van der Waals surface area contributed by atoms with Gasteiger partial charge in [0.1, 0.15) is 0 Å². The highest BCUT2D eigenvalue weighted by Gasteiger charge is 2.21. The summed E-state index contributed by atoms with van der Waals surface area (Å²) in [7, 11) is 0. The van der Waals surface area contributed by atoms with E-state index in [9.17, 15) is 9.59 Å². The molecule has 9 heteroatoms. The second-order valence-corrected chi connectivity index (χ2v) is 7.98. The molecular formula is C24H29N7O2. The Bertz CT molecular complexity index is 1030. The number of rotatable bonds is 9. The molecule has 2 amide bonds. The van der Waals surface area contributed by atoms with E-state index in [1.807, 2.05) is 53.4 Å². The van der Waals surface area contributed by atoms with Gasteiger partial charge in [0.05, 0.1) is 6.54 Å². The van der Waals surface area contributed by atoms with E-state index in [2.05, 4.69) is 37.8 Å². The van der Waals surface area contributed by atoms with E-state index in [-0.39, 0.29) is 11.8 Å². The molecule has 172 valence electrons. The van der Waals surface area contributed by atoms with Crippen LogP contribution in [0.25, 0.3) is 11.4 Å². The van der Waals surface area contributed by atoms with Gasteiger partial charge < -0.3 is 15.1 Å². The van der Waals surface area contributed by atoms with Crippen LogP contribution >= 0.6 is 0 Å². The van der Waals surface area contributed by atoms with Crippen LogP contribution in [-0.4, -0.2) is 69.6 Å². The van der Waals surface area contributed by atoms with Crippen LogP contribution < -0.4 is 10.2 Å². The number of anilines is 1. The highest BCUT2D eigenvalue weighted by molar-refractivity contribution is 5.79. The van der Waals surface area contributed by atoms with Gasteiger partial charge in [0.2, 0.25) is 17.6 Å². The van der Waals surface area contributed by atoms with E-state index in [0.717, 1.165) is 18.7 Å². The van der Waals surface area contributed by atoms with Gasteiger partial charge in [-0.25, -0.2) is 0 Å². The molecule has 0 aliphatic carbocycles. The van der Waals surface area contributed by atoms with Gasteiger partial charge in [-0.05, 0) is 23.8 Å². The SMILES string of the molecule is O=C(CCCn1nnc(-c2ccccc2)n1)NCCC(=O)N1CCN(c2ccccc2)CC1. The normalized spacial score (nSPS) is 13.7. The minimum Gasteiger partial charge on any atom is -0.368 e. The molecule has 3 aromatic rings. The molecule has 0 atom stereocenters. The number of aryl methyl sites for hydroxylation is 1. The predicted octanol–water partition coefficient (Wildman–Crippen LogP) is 1.98. The van der Waals surface area contributed by atoms with Gasteiger partial charge in [0, 0.05) is 56.8 Å². The summed E-state index contributed by atoms with van der Waals surface area (Å²) in [6, 6.07) is 19.9. The molecule has 0 spiro atoms. The fourth-order valence-corrected chi connectivity index (χ4v) is 3.83. The number of para-hydroxylation sites is 1. The number of tetrazole rings is 1. The van der Waals surface area contributed by atoms with Crippen molar-refractivity contribution in [3.05, 3.63) is 60.7 Å². The maximum Gasteiger partial charge on any atom is 0.224 e. The molecule has 2 aromatic carbocycles. The van der Waals surface area contributed by atoms with Gasteiger partial charge in [0.25, 0.3) is 0 Å². The molecule has 0 saturated carbocycles. The number of piperazine rings is 1. The van der Waals surface area contributed by atoms with Gasteiger partial charge >= 0.3 is 0 Å². The Hall–Kier alpha value is -3.75. The third-order valence-electron chi connectivity index (χ3n) is 5.66. The van der Waals surface area contributed by atoms with Gasteiger partial charge in [-0.2, -0.15) is 4.80 Å². The Balaban J connectivity index is 1.10. The predicted molar refractivity (Wildman–Crippen MR) is 125 cm³/mol. The van der Waals surface area contributed by atoms with Crippen molar-refractivity contribution in [2.75, 3.05) is 37.6 Å². The van der Waals surface area contributed by atoms with E-state index >= 15 is 0 Å². The van der Waals surface area contributed by atoms with Crippen LogP contribution in [0.4, 0.5) is 5.69 Å². The van der Waals surface area contributed by atoms with Crippen LogP contribution in [0.15, 0.2) is 60.7 Å². The zero-order chi connectivity index (χ0) is 22.9. The second-order valence-electron chi connectivity index (χ2n) is 7.98. The van der Waals surface area contributed by atoms with Crippen molar-refractivity contribution in [3.8, 4) is 11.4 Å². The van der Waals surface area contributed by atoms with Crippen molar-refractivity contribution in [1.82, 2.24) is 30.4 Å². The molecule has 33 heavy (non-hydrogen) atoms. The van der Waals surface area contributed by atoms with Crippen molar-refractivity contribution < 1.29 is 9.59 Å². The average Bonchev–Trinajstić information content (AvgIpc) is 3.34. The average molecular weight is 448 g/mol. The lowest BCUT2D eigenvalue weighted by Crippen LogP contribution is -2.49. The lowest BCUT2D eigenvalue weighted by molar-refractivity contribution is -0.131. The van der Waals surface area contributed by atoms with E-state index in [1.54, 1.807) is 0 Å². The van der Waals surface area contributed by atoms with Crippen LogP contribution in [0, 0.1) is 0 Å². The van der Waals surface area contributed by atoms with Crippen LogP contribution in [0.3, 0.4) is 0 Å². The van der Waals surface area contributed by atoms with Crippen molar-refractivity contribution in [2.45, 2.75) is 25.8 Å².